The van der Waals surface area contributed by atoms with Gasteiger partial charge in [-0.2, -0.15) is 0 Å². The van der Waals surface area contributed by atoms with Gasteiger partial charge in [-0.1, -0.05) is 57.2 Å². The first-order valence-electron chi connectivity index (χ1n) is 11.0. The van der Waals surface area contributed by atoms with Gasteiger partial charge in [-0.05, 0) is 29.5 Å². The maximum absolute atomic E-state index is 13.5. The third-order valence-corrected chi connectivity index (χ3v) is 6.46. The predicted octanol–water partition coefficient (Wildman–Crippen LogP) is 4.94. The molecule has 0 saturated heterocycles. The van der Waals surface area contributed by atoms with Crippen molar-refractivity contribution in [3.63, 3.8) is 0 Å². The lowest BCUT2D eigenvalue weighted by Crippen LogP contribution is -2.37. The van der Waals surface area contributed by atoms with Crippen molar-refractivity contribution in [2.24, 2.45) is 5.41 Å². The zero-order chi connectivity index (χ0) is 22.6. The Kier molecular flexibility index (Phi) is 4.66. The van der Waals surface area contributed by atoms with Gasteiger partial charge in [-0.3, -0.25) is 14.4 Å². The number of dihydropyridines is 1. The van der Waals surface area contributed by atoms with Crippen LogP contribution in [-0.4, -0.2) is 17.5 Å². The van der Waals surface area contributed by atoms with Gasteiger partial charge in [0.15, 0.2) is 11.6 Å². The van der Waals surface area contributed by atoms with Crippen molar-refractivity contribution in [2.75, 3.05) is 0 Å². The average molecular weight is 428 g/mol. The number of ketones is 2. The minimum absolute atomic E-state index is 0.0428. The number of rotatable bonds is 3. The minimum atomic E-state index is -0.444. The molecule has 0 amide bonds. The van der Waals surface area contributed by atoms with E-state index in [0.29, 0.717) is 35.3 Å². The van der Waals surface area contributed by atoms with Gasteiger partial charge in [0, 0.05) is 46.7 Å². The monoisotopic (exact) mass is 427 g/mol. The minimum Gasteiger partial charge on any atom is -0.427 e. The molecule has 32 heavy (non-hydrogen) atoms. The van der Waals surface area contributed by atoms with E-state index in [-0.39, 0.29) is 23.0 Å². The lowest BCUT2D eigenvalue weighted by atomic mass is 9.68. The van der Waals surface area contributed by atoms with Crippen LogP contribution in [0, 0.1) is 5.41 Å². The Bertz CT molecular complexity index is 1230. The maximum atomic E-state index is 13.5. The van der Waals surface area contributed by atoms with Gasteiger partial charge in [0.1, 0.15) is 5.75 Å². The summed E-state index contributed by atoms with van der Waals surface area (Å²) in [4.78, 5) is 38.5. The van der Waals surface area contributed by atoms with Crippen LogP contribution in [0.15, 0.2) is 65.4 Å². The van der Waals surface area contributed by atoms with Crippen molar-refractivity contribution in [1.82, 2.24) is 5.32 Å². The molecule has 1 N–H and O–H groups in total. The Morgan fingerprint density at radius 3 is 2.38 bits per heavy atom. The molecule has 1 atom stereocenters. The van der Waals surface area contributed by atoms with Crippen LogP contribution in [0.25, 0.3) is 5.70 Å². The number of carbonyl (C=O) groups excluding carboxylic acids is 3. The van der Waals surface area contributed by atoms with E-state index in [1.165, 1.54) is 0 Å². The molecule has 0 radical (unpaired) electrons. The highest BCUT2D eigenvalue weighted by Gasteiger charge is 2.46. The first-order chi connectivity index (χ1) is 15.3. The topological polar surface area (TPSA) is 72.5 Å². The fourth-order valence-electron chi connectivity index (χ4n) is 5.05. The smallest absolute Gasteiger partial charge is 0.310 e. The molecule has 1 aliphatic heterocycles. The lowest BCUT2D eigenvalue weighted by molar-refractivity contribution is -0.134. The SMILES string of the molecule is CCC(=O)Oc1ccc([C@@H]2C3=C(CC(C)(C)CC3=O)NC3=C2C(=O)c2ccccc23)cc1. The molecule has 1 heterocycles. The Balaban J connectivity index is 1.64. The standard InChI is InChI=1S/C27H25NO4/c1-4-21(30)32-16-11-9-15(10-12-16)22-23-19(13-27(2,3)14-20(23)29)28-25-17-7-5-6-8-18(17)26(31)24(22)25/h5-12,22,28H,4,13-14H2,1-3H3/t22-/m1/s1. The number of carbonyl (C=O) groups is 3. The summed E-state index contributed by atoms with van der Waals surface area (Å²) in [5.41, 5.74) is 5.26. The fourth-order valence-corrected chi connectivity index (χ4v) is 5.05. The Hall–Kier alpha value is -3.47. The summed E-state index contributed by atoms with van der Waals surface area (Å²) in [6, 6.07) is 14.8. The highest BCUT2D eigenvalue weighted by Crippen LogP contribution is 2.51. The normalized spacial score (nSPS) is 21.0. The van der Waals surface area contributed by atoms with Crippen molar-refractivity contribution >= 4 is 23.2 Å². The molecule has 0 aromatic heterocycles. The summed E-state index contributed by atoms with van der Waals surface area (Å²) in [6.45, 7) is 5.94. The van der Waals surface area contributed by atoms with Crippen LogP contribution in [0.3, 0.4) is 0 Å². The van der Waals surface area contributed by atoms with Crippen LogP contribution in [0.1, 0.15) is 67.4 Å². The van der Waals surface area contributed by atoms with Crippen molar-refractivity contribution in [2.45, 2.75) is 46.0 Å². The number of nitrogens with one attached hydrogen (secondary N) is 1. The maximum Gasteiger partial charge on any atom is 0.310 e. The largest absolute Gasteiger partial charge is 0.427 e. The van der Waals surface area contributed by atoms with Crippen molar-refractivity contribution in [3.8, 4) is 5.75 Å². The number of hydrogen-bond donors (Lipinski definition) is 1. The molecule has 5 nitrogen and oxygen atoms in total. The van der Waals surface area contributed by atoms with Crippen LogP contribution in [0.2, 0.25) is 0 Å². The van der Waals surface area contributed by atoms with Gasteiger partial charge in [-0.15, -0.1) is 0 Å². The average Bonchev–Trinajstić information content (AvgIpc) is 3.04. The molecular formula is C27H25NO4. The van der Waals surface area contributed by atoms with E-state index in [0.717, 1.165) is 28.9 Å². The number of esters is 1. The summed E-state index contributed by atoms with van der Waals surface area (Å²) in [5, 5.41) is 3.48. The van der Waals surface area contributed by atoms with Crippen molar-refractivity contribution in [1.29, 1.82) is 0 Å². The summed E-state index contributed by atoms with van der Waals surface area (Å²) in [5.74, 6) is -0.263. The number of hydrogen-bond acceptors (Lipinski definition) is 5. The molecule has 5 rings (SSSR count). The molecule has 0 fully saturated rings. The van der Waals surface area contributed by atoms with E-state index in [1.807, 2.05) is 36.4 Å². The highest BCUT2D eigenvalue weighted by molar-refractivity contribution is 6.23. The van der Waals surface area contributed by atoms with Crippen LogP contribution in [0.5, 0.6) is 5.75 Å². The first kappa shape index (κ1) is 20.4. The zero-order valence-corrected chi connectivity index (χ0v) is 18.5. The van der Waals surface area contributed by atoms with Crippen LogP contribution >= 0.6 is 0 Å². The molecular weight excluding hydrogens is 402 g/mol. The number of benzene rings is 2. The molecule has 0 bridgehead atoms. The van der Waals surface area contributed by atoms with Crippen LogP contribution in [-0.2, 0) is 9.59 Å². The molecule has 2 aromatic rings. The van der Waals surface area contributed by atoms with E-state index in [2.05, 4.69) is 19.2 Å². The van der Waals surface area contributed by atoms with Gasteiger partial charge in [0.2, 0.25) is 0 Å². The summed E-state index contributed by atoms with van der Waals surface area (Å²) >= 11 is 0. The third-order valence-electron chi connectivity index (χ3n) is 6.46. The summed E-state index contributed by atoms with van der Waals surface area (Å²) in [7, 11) is 0. The molecule has 2 aliphatic carbocycles. The Morgan fingerprint density at radius 2 is 1.69 bits per heavy atom. The second-order valence-electron chi connectivity index (χ2n) is 9.45. The van der Waals surface area contributed by atoms with Gasteiger partial charge in [0.05, 0.1) is 5.70 Å². The molecule has 0 spiro atoms. The van der Waals surface area contributed by atoms with Gasteiger partial charge in [0.25, 0.3) is 0 Å². The third kappa shape index (κ3) is 3.20. The van der Waals surface area contributed by atoms with Crippen molar-refractivity contribution < 1.29 is 19.1 Å². The van der Waals surface area contributed by atoms with E-state index in [4.69, 9.17) is 4.74 Å². The van der Waals surface area contributed by atoms with Crippen molar-refractivity contribution in [3.05, 3.63) is 82.1 Å². The summed E-state index contributed by atoms with van der Waals surface area (Å²) < 4.78 is 5.31. The molecule has 0 unspecified atom stereocenters. The second kappa shape index (κ2) is 7.30. The van der Waals surface area contributed by atoms with Crippen LogP contribution in [0.4, 0.5) is 0 Å². The van der Waals surface area contributed by atoms with Gasteiger partial charge >= 0.3 is 5.97 Å². The summed E-state index contributed by atoms with van der Waals surface area (Å²) in [6.07, 6.45) is 1.48. The Morgan fingerprint density at radius 1 is 1.00 bits per heavy atom. The van der Waals surface area contributed by atoms with E-state index in [1.54, 1.807) is 19.1 Å². The lowest BCUT2D eigenvalue weighted by Gasteiger charge is -2.39. The first-order valence-corrected chi connectivity index (χ1v) is 11.0. The number of ether oxygens (including phenoxy) is 1. The molecule has 3 aliphatic rings. The van der Waals surface area contributed by atoms with Gasteiger partial charge < -0.3 is 10.1 Å². The van der Waals surface area contributed by atoms with E-state index < -0.39 is 5.92 Å². The second-order valence-corrected chi connectivity index (χ2v) is 9.45. The molecule has 2 aromatic carbocycles. The zero-order valence-electron chi connectivity index (χ0n) is 18.5. The quantitative estimate of drug-likeness (QED) is 0.555. The predicted molar refractivity (Wildman–Crippen MR) is 121 cm³/mol. The Labute approximate surface area is 187 Å². The highest BCUT2D eigenvalue weighted by atomic mass is 16.5. The fraction of sp³-hybridized carbons (Fsp3) is 0.296. The van der Waals surface area contributed by atoms with E-state index >= 15 is 0 Å². The molecule has 5 heteroatoms. The molecule has 0 saturated carbocycles. The molecule has 162 valence electrons. The van der Waals surface area contributed by atoms with E-state index in [9.17, 15) is 14.4 Å². The number of Topliss-reactive ketones (excluding diaryl/α,β-unsaturated/α-hetero) is 2. The van der Waals surface area contributed by atoms with Crippen LogP contribution < -0.4 is 10.1 Å². The number of allylic oxidation sites excluding steroid dienone is 3. The number of fused-ring (bicyclic) bond motifs is 2. The van der Waals surface area contributed by atoms with Gasteiger partial charge in [-0.25, -0.2) is 0 Å².